The summed E-state index contributed by atoms with van der Waals surface area (Å²) < 4.78 is 21.9. The van der Waals surface area contributed by atoms with E-state index >= 15 is 0 Å². The molecule has 2 aromatic rings. The van der Waals surface area contributed by atoms with Crippen LogP contribution in [0, 0.1) is 19.3 Å². The van der Waals surface area contributed by atoms with Crippen LogP contribution in [0.4, 0.5) is 5.88 Å². The molecule has 1 aliphatic rings. The summed E-state index contributed by atoms with van der Waals surface area (Å²) in [5.74, 6) is 0.678. The molecule has 2 heterocycles. The third-order valence-corrected chi connectivity index (χ3v) is 7.76. The van der Waals surface area contributed by atoms with E-state index in [4.69, 9.17) is 4.42 Å². The minimum atomic E-state index is -1.23. The second-order valence-corrected chi connectivity index (χ2v) is 12.5. The molecule has 1 N–H and O–H groups in total. The number of piperidine rings is 1. The first-order valence-corrected chi connectivity index (χ1v) is 12.0. The lowest BCUT2D eigenvalue weighted by Gasteiger charge is -2.37. The maximum absolute atomic E-state index is 13.3. The molecule has 166 valence electrons. The van der Waals surface area contributed by atoms with E-state index in [2.05, 4.69) is 23.5 Å². The number of benzene rings is 1. The second kappa shape index (κ2) is 8.12. The highest BCUT2D eigenvalue weighted by atomic mass is 32.2. The summed E-state index contributed by atoms with van der Waals surface area (Å²) in [6, 6.07) is 3.71. The van der Waals surface area contributed by atoms with Gasteiger partial charge in [0, 0.05) is 24.7 Å². The Balaban J connectivity index is 2.09. The van der Waals surface area contributed by atoms with Crippen LogP contribution in [0.1, 0.15) is 77.1 Å². The minimum absolute atomic E-state index is 0.0187. The van der Waals surface area contributed by atoms with Crippen LogP contribution in [0.25, 0.3) is 11.0 Å². The Morgan fingerprint density at radius 2 is 1.77 bits per heavy atom. The van der Waals surface area contributed by atoms with E-state index in [1.165, 1.54) is 0 Å². The van der Waals surface area contributed by atoms with E-state index in [0.29, 0.717) is 27.8 Å². The van der Waals surface area contributed by atoms with Gasteiger partial charge >= 0.3 is 0 Å². The van der Waals surface area contributed by atoms with Crippen LogP contribution in [-0.2, 0) is 11.0 Å². The second-order valence-electron chi connectivity index (χ2n) is 10.5. The Morgan fingerprint density at radius 3 is 2.33 bits per heavy atom. The number of hydrogen-bond acceptors (Lipinski definition) is 4. The summed E-state index contributed by atoms with van der Waals surface area (Å²) in [4.78, 5) is 15.5. The number of aryl methyl sites for hydroxylation is 1. The highest BCUT2D eigenvalue weighted by Gasteiger charge is 2.29. The predicted octanol–water partition coefficient (Wildman–Crippen LogP) is 5.15. The van der Waals surface area contributed by atoms with Crippen LogP contribution < -0.4 is 15.1 Å². The SMILES string of the molecule is Cc1cc([C@@H](C)N[S@@](=O)C(C)(C)C)c2oc(N3CCC(C)(C)CC3)c(C)c(=O)c2c1. The summed E-state index contributed by atoms with van der Waals surface area (Å²) in [5.41, 5.74) is 3.47. The predicted molar refractivity (Wildman–Crippen MR) is 127 cm³/mol. The molecule has 1 fully saturated rings. The lowest BCUT2D eigenvalue weighted by atomic mass is 9.82. The molecule has 30 heavy (non-hydrogen) atoms. The van der Waals surface area contributed by atoms with Gasteiger partial charge in [0.15, 0.2) is 5.43 Å². The van der Waals surface area contributed by atoms with Crippen molar-refractivity contribution in [2.24, 2.45) is 5.41 Å². The van der Waals surface area contributed by atoms with Crippen LogP contribution in [0.5, 0.6) is 0 Å². The topological polar surface area (TPSA) is 62.6 Å². The zero-order chi connectivity index (χ0) is 22.4. The number of hydrogen-bond donors (Lipinski definition) is 1. The first kappa shape index (κ1) is 23.0. The van der Waals surface area contributed by atoms with E-state index in [1.807, 2.05) is 53.7 Å². The molecule has 0 saturated carbocycles. The van der Waals surface area contributed by atoms with Crippen molar-refractivity contribution in [2.45, 2.75) is 79.0 Å². The zero-order valence-corrected chi connectivity index (χ0v) is 20.5. The van der Waals surface area contributed by atoms with E-state index in [-0.39, 0.29) is 16.2 Å². The quantitative estimate of drug-likeness (QED) is 0.726. The average molecular weight is 433 g/mol. The molecule has 0 unspecified atom stereocenters. The van der Waals surface area contributed by atoms with Crippen LogP contribution in [0.2, 0.25) is 0 Å². The Labute approximate surface area is 182 Å². The van der Waals surface area contributed by atoms with Gasteiger partial charge in [-0.05, 0) is 71.4 Å². The summed E-state index contributed by atoms with van der Waals surface area (Å²) in [5, 5.41) is 0.596. The zero-order valence-electron chi connectivity index (χ0n) is 19.6. The van der Waals surface area contributed by atoms with E-state index < -0.39 is 11.0 Å². The number of anilines is 1. The highest BCUT2D eigenvalue weighted by Crippen LogP contribution is 2.35. The fourth-order valence-electron chi connectivity index (χ4n) is 3.90. The number of fused-ring (bicyclic) bond motifs is 1. The van der Waals surface area contributed by atoms with Gasteiger partial charge in [-0.3, -0.25) is 4.79 Å². The van der Waals surface area contributed by atoms with Crippen molar-refractivity contribution in [1.29, 1.82) is 0 Å². The number of nitrogens with zero attached hydrogens (tertiary/aromatic N) is 1. The fraction of sp³-hybridized carbons (Fsp3) is 0.625. The lowest BCUT2D eigenvalue weighted by molar-refractivity contribution is 0.274. The molecule has 1 saturated heterocycles. The van der Waals surface area contributed by atoms with Gasteiger partial charge in [-0.25, -0.2) is 8.93 Å². The molecule has 0 radical (unpaired) electrons. The van der Waals surface area contributed by atoms with Crippen LogP contribution in [-0.4, -0.2) is 22.0 Å². The molecule has 1 aromatic carbocycles. The Hall–Kier alpha value is -1.66. The van der Waals surface area contributed by atoms with Crippen molar-refractivity contribution in [1.82, 2.24) is 4.72 Å². The van der Waals surface area contributed by atoms with E-state index in [0.717, 1.165) is 37.1 Å². The van der Waals surface area contributed by atoms with E-state index in [1.54, 1.807) is 0 Å². The summed E-state index contributed by atoms with van der Waals surface area (Å²) >= 11 is 0. The average Bonchev–Trinajstić information content (AvgIpc) is 2.64. The molecule has 1 aromatic heterocycles. The molecular formula is C24H36N2O3S. The maximum Gasteiger partial charge on any atom is 0.202 e. The smallest absolute Gasteiger partial charge is 0.202 e. The Bertz CT molecular complexity index is 1020. The van der Waals surface area contributed by atoms with Gasteiger partial charge in [-0.1, -0.05) is 19.9 Å². The third kappa shape index (κ3) is 4.65. The van der Waals surface area contributed by atoms with Crippen molar-refractivity contribution in [2.75, 3.05) is 18.0 Å². The van der Waals surface area contributed by atoms with Gasteiger partial charge in [0.2, 0.25) is 5.88 Å². The molecule has 0 aliphatic carbocycles. The van der Waals surface area contributed by atoms with E-state index in [9.17, 15) is 9.00 Å². The molecule has 5 nitrogen and oxygen atoms in total. The molecule has 2 atom stereocenters. The number of nitrogens with one attached hydrogen (secondary N) is 1. The molecule has 1 aliphatic heterocycles. The molecular weight excluding hydrogens is 396 g/mol. The van der Waals surface area contributed by atoms with Crippen molar-refractivity contribution in [3.05, 3.63) is 39.0 Å². The van der Waals surface area contributed by atoms with Crippen molar-refractivity contribution < 1.29 is 8.63 Å². The summed E-state index contributed by atoms with van der Waals surface area (Å²) in [7, 11) is -1.23. The van der Waals surface area contributed by atoms with Gasteiger partial charge in [-0.15, -0.1) is 0 Å². The largest absolute Gasteiger partial charge is 0.440 e. The molecule has 3 rings (SSSR count). The van der Waals surface area contributed by atoms with Crippen molar-refractivity contribution in [3.63, 3.8) is 0 Å². The summed E-state index contributed by atoms with van der Waals surface area (Å²) in [6.07, 6.45) is 2.13. The maximum atomic E-state index is 13.3. The molecule has 0 bridgehead atoms. The Kier molecular flexibility index (Phi) is 6.23. The summed E-state index contributed by atoms with van der Waals surface area (Å²) in [6.45, 7) is 18.0. The van der Waals surface area contributed by atoms with Crippen molar-refractivity contribution in [3.8, 4) is 0 Å². The first-order valence-electron chi connectivity index (χ1n) is 10.8. The third-order valence-electron chi connectivity index (χ3n) is 6.08. The minimum Gasteiger partial charge on any atom is -0.440 e. The molecule has 0 amide bonds. The fourth-order valence-corrected chi connectivity index (χ4v) is 4.70. The Morgan fingerprint density at radius 1 is 1.17 bits per heavy atom. The standard InChI is InChI=1S/C24H36N2O3S/c1-15-13-18(17(3)25-30(28)23(4,5)6)21-19(14-15)20(27)16(2)22(29-21)26-11-9-24(7,8)10-12-26/h13-14,17,25H,9-12H2,1-8H3/t17-,30+/m1/s1. The van der Waals surface area contributed by atoms with Crippen LogP contribution >= 0.6 is 0 Å². The van der Waals surface area contributed by atoms with Gasteiger partial charge in [0.05, 0.1) is 26.7 Å². The number of rotatable bonds is 4. The van der Waals surface area contributed by atoms with Crippen LogP contribution in [0.15, 0.2) is 21.3 Å². The lowest BCUT2D eigenvalue weighted by Crippen LogP contribution is -2.38. The molecule has 6 heteroatoms. The normalized spacial score (nSPS) is 19.1. The van der Waals surface area contributed by atoms with Gasteiger partial charge in [-0.2, -0.15) is 0 Å². The van der Waals surface area contributed by atoms with Gasteiger partial charge in [0.1, 0.15) is 5.58 Å². The van der Waals surface area contributed by atoms with Crippen LogP contribution in [0.3, 0.4) is 0 Å². The van der Waals surface area contributed by atoms with Gasteiger partial charge < -0.3 is 9.32 Å². The molecule has 0 spiro atoms. The monoisotopic (exact) mass is 432 g/mol. The highest BCUT2D eigenvalue weighted by molar-refractivity contribution is 7.84. The first-order chi connectivity index (χ1) is 13.8. The van der Waals surface area contributed by atoms with Gasteiger partial charge in [0.25, 0.3) is 0 Å². The van der Waals surface area contributed by atoms with Crippen molar-refractivity contribution >= 4 is 27.8 Å².